The van der Waals surface area contributed by atoms with Gasteiger partial charge < -0.3 is 9.47 Å². The van der Waals surface area contributed by atoms with E-state index in [-0.39, 0.29) is 6.29 Å². The van der Waals surface area contributed by atoms with Gasteiger partial charge in [0.25, 0.3) is 0 Å². The molecular formula is C9H13NO2. The maximum atomic E-state index is 8.59. The summed E-state index contributed by atoms with van der Waals surface area (Å²) in [7, 11) is 0. The summed E-state index contributed by atoms with van der Waals surface area (Å²) in [6.45, 7) is 4.91. The molecule has 0 aromatic heterocycles. The van der Waals surface area contributed by atoms with E-state index in [1.807, 2.05) is 13.8 Å². The number of ether oxygens (including phenoxy) is 2. The van der Waals surface area contributed by atoms with Crippen LogP contribution in [0.3, 0.4) is 0 Å². The summed E-state index contributed by atoms with van der Waals surface area (Å²) >= 11 is 0. The molecule has 0 saturated carbocycles. The van der Waals surface area contributed by atoms with Gasteiger partial charge in [-0.3, -0.25) is 0 Å². The molecule has 12 heavy (non-hydrogen) atoms. The van der Waals surface area contributed by atoms with Crippen LogP contribution >= 0.6 is 0 Å². The summed E-state index contributed by atoms with van der Waals surface area (Å²) in [4.78, 5) is 0. The molecule has 66 valence electrons. The largest absolute Gasteiger partial charge is 0.348 e. The SMILES string of the molecule is CC(C)C1OCC=C(C#N)CO1. The molecule has 0 fully saturated rings. The minimum atomic E-state index is -0.174. The van der Waals surface area contributed by atoms with Gasteiger partial charge in [-0.1, -0.05) is 13.8 Å². The highest BCUT2D eigenvalue weighted by molar-refractivity contribution is 5.21. The predicted octanol–water partition coefficient (Wildman–Crippen LogP) is 1.47. The van der Waals surface area contributed by atoms with E-state index in [1.165, 1.54) is 0 Å². The Morgan fingerprint density at radius 2 is 2.33 bits per heavy atom. The van der Waals surface area contributed by atoms with Gasteiger partial charge in [0.15, 0.2) is 6.29 Å². The van der Waals surface area contributed by atoms with Crippen LogP contribution in [0, 0.1) is 17.2 Å². The zero-order valence-corrected chi connectivity index (χ0v) is 7.41. The van der Waals surface area contributed by atoms with Crippen molar-refractivity contribution in [2.45, 2.75) is 20.1 Å². The lowest BCUT2D eigenvalue weighted by atomic mass is 10.2. The Kier molecular flexibility index (Phi) is 3.27. The fourth-order valence-corrected chi connectivity index (χ4v) is 0.985. The highest BCUT2D eigenvalue weighted by Gasteiger charge is 2.16. The molecule has 1 aliphatic heterocycles. The zero-order chi connectivity index (χ0) is 8.97. The molecule has 0 aromatic rings. The third-order valence-electron chi connectivity index (χ3n) is 1.68. The lowest BCUT2D eigenvalue weighted by Gasteiger charge is -2.18. The smallest absolute Gasteiger partial charge is 0.160 e. The van der Waals surface area contributed by atoms with Crippen LogP contribution in [0.15, 0.2) is 11.6 Å². The zero-order valence-electron chi connectivity index (χ0n) is 7.41. The van der Waals surface area contributed by atoms with Gasteiger partial charge >= 0.3 is 0 Å². The van der Waals surface area contributed by atoms with E-state index in [0.29, 0.717) is 24.7 Å². The summed E-state index contributed by atoms with van der Waals surface area (Å²) in [5.74, 6) is 0.330. The van der Waals surface area contributed by atoms with Crippen molar-refractivity contribution in [3.63, 3.8) is 0 Å². The summed E-state index contributed by atoms with van der Waals surface area (Å²) in [5, 5.41) is 8.59. The summed E-state index contributed by atoms with van der Waals surface area (Å²) in [6.07, 6.45) is 1.59. The van der Waals surface area contributed by atoms with Crippen molar-refractivity contribution >= 4 is 0 Å². The Balaban J connectivity index is 2.49. The van der Waals surface area contributed by atoms with Crippen LogP contribution in [-0.4, -0.2) is 19.5 Å². The van der Waals surface area contributed by atoms with Gasteiger partial charge in [0.2, 0.25) is 0 Å². The molecule has 0 aliphatic carbocycles. The van der Waals surface area contributed by atoms with Crippen LogP contribution in [0.4, 0.5) is 0 Å². The third-order valence-corrected chi connectivity index (χ3v) is 1.68. The molecule has 1 unspecified atom stereocenters. The van der Waals surface area contributed by atoms with Crippen LogP contribution in [0.2, 0.25) is 0 Å². The monoisotopic (exact) mass is 167 g/mol. The second-order valence-corrected chi connectivity index (χ2v) is 3.10. The summed E-state index contributed by atoms with van der Waals surface area (Å²) < 4.78 is 10.7. The van der Waals surface area contributed by atoms with Crippen LogP contribution in [0.25, 0.3) is 0 Å². The van der Waals surface area contributed by atoms with Gasteiger partial charge in [-0.15, -0.1) is 0 Å². The molecule has 1 rings (SSSR count). The van der Waals surface area contributed by atoms with Crippen LogP contribution in [0.1, 0.15) is 13.8 Å². The average Bonchev–Trinajstić information content (AvgIpc) is 2.28. The van der Waals surface area contributed by atoms with Gasteiger partial charge in [0.05, 0.1) is 24.9 Å². The van der Waals surface area contributed by atoms with Gasteiger partial charge in [-0.2, -0.15) is 5.26 Å². The molecule has 0 saturated heterocycles. The van der Waals surface area contributed by atoms with E-state index in [2.05, 4.69) is 6.07 Å². The van der Waals surface area contributed by atoms with E-state index in [1.54, 1.807) is 6.08 Å². The lowest BCUT2D eigenvalue weighted by Crippen LogP contribution is -2.22. The Labute approximate surface area is 72.6 Å². The van der Waals surface area contributed by atoms with Gasteiger partial charge in [0.1, 0.15) is 0 Å². The first-order chi connectivity index (χ1) is 5.74. The fraction of sp³-hybridized carbons (Fsp3) is 0.667. The maximum Gasteiger partial charge on any atom is 0.160 e. The molecule has 3 heteroatoms. The van der Waals surface area contributed by atoms with Gasteiger partial charge in [-0.25, -0.2) is 0 Å². The molecule has 0 N–H and O–H groups in total. The second kappa shape index (κ2) is 4.24. The Morgan fingerprint density at radius 1 is 1.58 bits per heavy atom. The van der Waals surface area contributed by atoms with Crippen molar-refractivity contribution < 1.29 is 9.47 Å². The van der Waals surface area contributed by atoms with Gasteiger partial charge in [-0.05, 0) is 6.08 Å². The molecule has 0 bridgehead atoms. The van der Waals surface area contributed by atoms with Crippen molar-refractivity contribution in [3.05, 3.63) is 11.6 Å². The highest BCUT2D eigenvalue weighted by atomic mass is 16.7. The molecule has 0 amide bonds. The van der Waals surface area contributed by atoms with Crippen molar-refractivity contribution in [2.24, 2.45) is 5.92 Å². The van der Waals surface area contributed by atoms with Crippen LogP contribution < -0.4 is 0 Å². The van der Waals surface area contributed by atoms with Crippen LogP contribution in [0.5, 0.6) is 0 Å². The van der Waals surface area contributed by atoms with E-state index >= 15 is 0 Å². The average molecular weight is 167 g/mol. The van der Waals surface area contributed by atoms with Crippen molar-refractivity contribution in [1.29, 1.82) is 5.26 Å². The van der Waals surface area contributed by atoms with E-state index in [0.717, 1.165) is 0 Å². The third kappa shape index (κ3) is 2.33. The Morgan fingerprint density at radius 3 is 2.92 bits per heavy atom. The number of hydrogen-bond donors (Lipinski definition) is 0. The fourth-order valence-electron chi connectivity index (χ4n) is 0.985. The quantitative estimate of drug-likeness (QED) is 0.593. The van der Waals surface area contributed by atoms with Crippen molar-refractivity contribution in [3.8, 4) is 6.07 Å². The number of nitriles is 1. The molecule has 1 aliphatic rings. The number of rotatable bonds is 1. The normalized spacial score (nSPS) is 24.5. The first-order valence-electron chi connectivity index (χ1n) is 4.06. The standard InChI is InChI=1S/C9H13NO2/c1-7(2)9-11-4-3-8(5-10)6-12-9/h3,7,9H,4,6H2,1-2H3. The topological polar surface area (TPSA) is 42.2 Å². The molecule has 3 nitrogen and oxygen atoms in total. The lowest BCUT2D eigenvalue weighted by molar-refractivity contribution is -0.147. The minimum absolute atomic E-state index is 0.174. The number of nitrogens with zero attached hydrogens (tertiary/aromatic N) is 1. The Hall–Kier alpha value is -0.850. The maximum absolute atomic E-state index is 8.59. The predicted molar refractivity (Wildman–Crippen MR) is 44.2 cm³/mol. The molecule has 0 aromatic carbocycles. The number of hydrogen-bond acceptors (Lipinski definition) is 3. The highest BCUT2D eigenvalue weighted by Crippen LogP contribution is 2.13. The Bertz CT molecular complexity index is 215. The molecule has 1 atom stereocenters. The summed E-state index contributed by atoms with van der Waals surface area (Å²) in [6, 6.07) is 2.06. The van der Waals surface area contributed by atoms with Crippen molar-refractivity contribution in [1.82, 2.24) is 0 Å². The van der Waals surface area contributed by atoms with Crippen molar-refractivity contribution in [2.75, 3.05) is 13.2 Å². The van der Waals surface area contributed by atoms with E-state index in [4.69, 9.17) is 14.7 Å². The molecule has 0 spiro atoms. The van der Waals surface area contributed by atoms with Gasteiger partial charge in [0, 0.05) is 5.92 Å². The molecular weight excluding hydrogens is 154 g/mol. The van der Waals surface area contributed by atoms with E-state index in [9.17, 15) is 0 Å². The first-order valence-corrected chi connectivity index (χ1v) is 4.06. The molecule has 1 heterocycles. The molecule has 0 radical (unpaired) electrons. The minimum Gasteiger partial charge on any atom is -0.348 e. The summed E-state index contributed by atoms with van der Waals surface area (Å²) in [5.41, 5.74) is 0.651. The van der Waals surface area contributed by atoms with Crippen LogP contribution in [-0.2, 0) is 9.47 Å². The second-order valence-electron chi connectivity index (χ2n) is 3.10. The first kappa shape index (κ1) is 9.24. The van der Waals surface area contributed by atoms with E-state index < -0.39 is 0 Å².